The van der Waals surface area contributed by atoms with E-state index in [1.165, 1.54) is 11.8 Å². The van der Waals surface area contributed by atoms with Gasteiger partial charge in [-0.2, -0.15) is 0 Å². The molecule has 0 aromatic heterocycles. The molecule has 130 valence electrons. The van der Waals surface area contributed by atoms with Crippen LogP contribution >= 0.6 is 0 Å². The predicted molar refractivity (Wildman–Crippen MR) is 81.2 cm³/mol. The number of nitrogens with zero attached hydrogens (tertiary/aromatic N) is 4. The van der Waals surface area contributed by atoms with Gasteiger partial charge >= 0.3 is 6.09 Å². The van der Waals surface area contributed by atoms with E-state index in [0.717, 1.165) is 0 Å². The summed E-state index contributed by atoms with van der Waals surface area (Å²) in [4.78, 5) is 27.8. The molecule has 9 heteroatoms. The first kappa shape index (κ1) is 19.2. The summed E-state index contributed by atoms with van der Waals surface area (Å²) in [6.45, 7) is 10.0. The second kappa shape index (κ2) is 6.74. The van der Waals surface area contributed by atoms with Gasteiger partial charge in [-0.05, 0) is 45.3 Å². The zero-order chi connectivity index (χ0) is 18.0. The molecule has 1 fully saturated rings. The summed E-state index contributed by atoms with van der Waals surface area (Å²) in [5, 5.41) is 13.4. The molecule has 3 atom stereocenters. The topological polar surface area (TPSA) is 125 Å². The van der Waals surface area contributed by atoms with Crippen molar-refractivity contribution >= 4 is 12.0 Å². The van der Waals surface area contributed by atoms with Crippen molar-refractivity contribution in [1.82, 2.24) is 4.90 Å². The lowest BCUT2D eigenvalue weighted by Gasteiger charge is -2.37. The molecule has 0 spiro atoms. The molecule has 0 saturated carbocycles. The fraction of sp³-hybridized carbons (Fsp3) is 0.857. The average Bonchev–Trinajstić information content (AvgIpc) is 2.71. The standard InChI is InChI=1S/C14H24N4O5/c1-8(11(20)16-17-15)10(19)9-7-22-14(5,6)18(9)12(21)23-13(2,3)4/h8-10,19H,7H2,1-6H3/t8-,9-,10-/m1/s1. The Morgan fingerprint density at radius 1 is 1.48 bits per heavy atom. The number of hydrogen-bond acceptors (Lipinski definition) is 5. The van der Waals surface area contributed by atoms with E-state index < -0.39 is 41.4 Å². The molecule has 1 heterocycles. The minimum Gasteiger partial charge on any atom is -0.444 e. The number of hydrogen-bond donors (Lipinski definition) is 1. The molecule has 0 unspecified atom stereocenters. The van der Waals surface area contributed by atoms with E-state index in [1.807, 2.05) is 0 Å². The lowest BCUT2D eigenvalue weighted by atomic mass is 9.96. The van der Waals surface area contributed by atoms with Crippen LogP contribution in [-0.4, -0.2) is 52.1 Å². The van der Waals surface area contributed by atoms with Gasteiger partial charge in [0.1, 0.15) is 11.3 Å². The molecule has 2 amide bonds. The lowest BCUT2D eigenvalue weighted by molar-refractivity contribution is -0.126. The van der Waals surface area contributed by atoms with Crippen molar-refractivity contribution in [1.29, 1.82) is 0 Å². The number of azide groups is 1. The Labute approximate surface area is 135 Å². The monoisotopic (exact) mass is 328 g/mol. The third kappa shape index (κ3) is 4.57. The van der Waals surface area contributed by atoms with Gasteiger partial charge in [0, 0.05) is 10.8 Å². The van der Waals surface area contributed by atoms with E-state index in [-0.39, 0.29) is 6.61 Å². The second-order valence-electron chi connectivity index (χ2n) is 6.98. The fourth-order valence-electron chi connectivity index (χ4n) is 2.36. The quantitative estimate of drug-likeness (QED) is 0.483. The lowest BCUT2D eigenvalue weighted by Crippen LogP contribution is -2.55. The number of ether oxygens (including phenoxy) is 2. The Kier molecular flexibility index (Phi) is 5.63. The van der Waals surface area contributed by atoms with Crippen molar-refractivity contribution in [3.63, 3.8) is 0 Å². The summed E-state index contributed by atoms with van der Waals surface area (Å²) < 4.78 is 10.9. The maximum absolute atomic E-state index is 12.5. The fourth-order valence-corrected chi connectivity index (χ4v) is 2.36. The molecule has 1 rings (SSSR count). The molecule has 0 bridgehead atoms. The smallest absolute Gasteiger partial charge is 0.412 e. The summed E-state index contributed by atoms with van der Waals surface area (Å²) in [5.74, 6) is -1.77. The van der Waals surface area contributed by atoms with Crippen LogP contribution in [0.1, 0.15) is 41.5 Å². The number of rotatable bonds is 3. The third-order valence-electron chi connectivity index (χ3n) is 3.55. The zero-order valence-corrected chi connectivity index (χ0v) is 14.3. The average molecular weight is 328 g/mol. The van der Waals surface area contributed by atoms with Crippen LogP contribution < -0.4 is 0 Å². The van der Waals surface area contributed by atoms with Crippen molar-refractivity contribution in [2.24, 2.45) is 11.0 Å². The maximum Gasteiger partial charge on any atom is 0.412 e. The van der Waals surface area contributed by atoms with Crippen molar-refractivity contribution in [2.75, 3.05) is 6.61 Å². The molecule has 1 saturated heterocycles. The summed E-state index contributed by atoms with van der Waals surface area (Å²) in [5.41, 5.74) is 6.63. The van der Waals surface area contributed by atoms with Crippen LogP contribution in [0.3, 0.4) is 0 Å². The van der Waals surface area contributed by atoms with E-state index in [2.05, 4.69) is 10.0 Å². The Morgan fingerprint density at radius 2 is 2.04 bits per heavy atom. The van der Waals surface area contributed by atoms with Gasteiger partial charge < -0.3 is 14.6 Å². The minimum absolute atomic E-state index is 0.0430. The van der Waals surface area contributed by atoms with Crippen molar-refractivity contribution in [3.05, 3.63) is 10.4 Å². The molecule has 0 aromatic carbocycles. The molecule has 1 aliphatic heterocycles. The van der Waals surface area contributed by atoms with Crippen LogP contribution in [0, 0.1) is 5.92 Å². The highest BCUT2D eigenvalue weighted by molar-refractivity contribution is 5.80. The maximum atomic E-state index is 12.5. The van der Waals surface area contributed by atoms with Crippen molar-refractivity contribution < 1.29 is 24.2 Å². The Morgan fingerprint density at radius 3 is 2.52 bits per heavy atom. The number of carbonyl (C=O) groups excluding carboxylic acids is 2. The third-order valence-corrected chi connectivity index (χ3v) is 3.55. The van der Waals surface area contributed by atoms with Crippen molar-refractivity contribution in [2.45, 2.75) is 65.0 Å². The van der Waals surface area contributed by atoms with Gasteiger partial charge in [-0.3, -0.25) is 9.69 Å². The SMILES string of the molecule is C[C@@H](C(=O)N=[N+]=[N-])[C@@H](O)[C@H]1COC(C)(C)N1C(=O)OC(C)(C)C. The molecular weight excluding hydrogens is 304 g/mol. The Balaban J connectivity index is 3.02. The van der Waals surface area contributed by atoms with Crippen molar-refractivity contribution in [3.8, 4) is 0 Å². The van der Waals surface area contributed by atoms with Gasteiger partial charge in [0.25, 0.3) is 0 Å². The first-order valence-electron chi connectivity index (χ1n) is 7.34. The summed E-state index contributed by atoms with van der Waals surface area (Å²) in [6, 6.07) is -0.785. The van der Waals surface area contributed by atoms with E-state index in [1.54, 1.807) is 34.6 Å². The molecule has 9 nitrogen and oxygen atoms in total. The van der Waals surface area contributed by atoms with Gasteiger partial charge in [0.2, 0.25) is 5.91 Å². The first-order chi connectivity index (χ1) is 10.4. The molecule has 1 aliphatic rings. The van der Waals surface area contributed by atoms with Crippen LogP contribution in [0.5, 0.6) is 0 Å². The van der Waals surface area contributed by atoms with E-state index in [9.17, 15) is 14.7 Å². The van der Waals surface area contributed by atoms with Gasteiger partial charge in [-0.25, -0.2) is 4.79 Å². The van der Waals surface area contributed by atoms with Crippen LogP contribution in [0.15, 0.2) is 5.11 Å². The molecule has 23 heavy (non-hydrogen) atoms. The summed E-state index contributed by atoms with van der Waals surface area (Å²) in [6.07, 6.45) is -1.89. The van der Waals surface area contributed by atoms with Gasteiger partial charge in [0.05, 0.1) is 18.8 Å². The van der Waals surface area contributed by atoms with Gasteiger partial charge in [-0.15, -0.1) is 0 Å². The summed E-state index contributed by atoms with van der Waals surface area (Å²) >= 11 is 0. The summed E-state index contributed by atoms with van der Waals surface area (Å²) in [7, 11) is 0. The molecule has 1 N–H and O–H groups in total. The first-order valence-corrected chi connectivity index (χ1v) is 7.34. The molecule has 0 aromatic rings. The minimum atomic E-state index is -1.25. The van der Waals surface area contributed by atoms with Gasteiger partial charge in [0.15, 0.2) is 0 Å². The van der Waals surface area contributed by atoms with E-state index >= 15 is 0 Å². The molecule has 0 radical (unpaired) electrons. The van der Waals surface area contributed by atoms with E-state index in [4.69, 9.17) is 15.0 Å². The number of carbonyl (C=O) groups is 2. The van der Waals surface area contributed by atoms with E-state index in [0.29, 0.717) is 0 Å². The van der Waals surface area contributed by atoms with Crippen LogP contribution in [-0.2, 0) is 14.3 Å². The highest BCUT2D eigenvalue weighted by Crippen LogP contribution is 2.32. The normalized spacial score (nSPS) is 22.9. The number of aliphatic hydroxyl groups is 1. The van der Waals surface area contributed by atoms with Crippen LogP contribution in [0.25, 0.3) is 10.4 Å². The molecule has 0 aliphatic carbocycles. The molecular formula is C14H24N4O5. The second-order valence-corrected chi connectivity index (χ2v) is 6.98. The van der Waals surface area contributed by atoms with Gasteiger partial charge in [-0.1, -0.05) is 6.92 Å². The van der Waals surface area contributed by atoms with Crippen LogP contribution in [0.2, 0.25) is 0 Å². The zero-order valence-electron chi connectivity index (χ0n) is 14.3. The Hall–Kier alpha value is -1.83. The number of aliphatic hydroxyl groups excluding tert-OH is 1. The largest absolute Gasteiger partial charge is 0.444 e. The Bertz CT molecular complexity index is 522. The highest BCUT2D eigenvalue weighted by Gasteiger charge is 2.49. The number of amides is 2. The highest BCUT2D eigenvalue weighted by atomic mass is 16.6. The predicted octanol–water partition coefficient (Wildman–Crippen LogP) is 2.19. The van der Waals surface area contributed by atoms with Crippen LogP contribution in [0.4, 0.5) is 4.79 Å².